The Morgan fingerprint density at radius 3 is 2.15 bits per heavy atom. The van der Waals surface area contributed by atoms with Crippen LogP contribution in [0.3, 0.4) is 0 Å². The quantitative estimate of drug-likeness (QED) is 0.427. The lowest BCUT2D eigenvalue weighted by Gasteiger charge is -2.25. The maximum absolute atomic E-state index is 13.3. The van der Waals surface area contributed by atoms with Crippen molar-refractivity contribution in [3.05, 3.63) is 94.6 Å². The molecule has 0 unspecified atom stereocenters. The number of benzene rings is 3. The average molecular weight is 352 g/mol. The van der Waals surface area contributed by atoms with E-state index in [0.717, 1.165) is 11.1 Å². The second-order valence-electron chi connectivity index (χ2n) is 7.25. The fourth-order valence-electron chi connectivity index (χ4n) is 3.86. The van der Waals surface area contributed by atoms with Crippen LogP contribution in [0.15, 0.2) is 88.1 Å². The highest BCUT2D eigenvalue weighted by Crippen LogP contribution is 2.38. The van der Waals surface area contributed by atoms with Crippen molar-refractivity contribution in [1.29, 1.82) is 0 Å². The van der Waals surface area contributed by atoms with Gasteiger partial charge in [0, 0.05) is 5.56 Å². The van der Waals surface area contributed by atoms with E-state index < -0.39 is 0 Å². The Morgan fingerprint density at radius 1 is 0.741 bits per heavy atom. The molecule has 2 nitrogen and oxygen atoms in total. The highest BCUT2D eigenvalue weighted by Gasteiger charge is 2.21. The zero-order valence-corrected chi connectivity index (χ0v) is 15.0. The van der Waals surface area contributed by atoms with E-state index >= 15 is 0 Å². The average Bonchev–Trinajstić information content (AvgIpc) is 2.68. The number of hydrogen-bond donors (Lipinski definition) is 0. The van der Waals surface area contributed by atoms with Crippen LogP contribution >= 0.6 is 0 Å². The SMILES string of the molecule is O=c1c(-c2ccc(C3CCC3)cc2)c(-c2ccccc2)oc2ccccc12. The van der Waals surface area contributed by atoms with Gasteiger partial charge in [-0.2, -0.15) is 0 Å². The Hall–Kier alpha value is -3.13. The van der Waals surface area contributed by atoms with Crippen LogP contribution in [0.25, 0.3) is 33.4 Å². The standard InChI is InChI=1S/C25H20O2/c26-24-21-11-4-5-12-22(21)27-25(20-7-2-1-3-8-20)23(24)19-15-13-18(14-16-19)17-9-6-10-17/h1-5,7-8,11-17H,6,9-10H2. The lowest BCUT2D eigenvalue weighted by atomic mass is 9.80. The minimum Gasteiger partial charge on any atom is -0.455 e. The second kappa shape index (κ2) is 6.55. The molecule has 132 valence electrons. The van der Waals surface area contributed by atoms with Gasteiger partial charge in [-0.25, -0.2) is 0 Å². The molecule has 0 bridgehead atoms. The van der Waals surface area contributed by atoms with Gasteiger partial charge in [0.25, 0.3) is 0 Å². The van der Waals surface area contributed by atoms with Crippen LogP contribution < -0.4 is 5.43 Å². The van der Waals surface area contributed by atoms with Gasteiger partial charge in [0.15, 0.2) is 0 Å². The first-order chi connectivity index (χ1) is 13.3. The van der Waals surface area contributed by atoms with Gasteiger partial charge in [0.1, 0.15) is 11.3 Å². The molecule has 0 atom stereocenters. The van der Waals surface area contributed by atoms with Crippen molar-refractivity contribution >= 4 is 11.0 Å². The van der Waals surface area contributed by atoms with Gasteiger partial charge in [0.05, 0.1) is 10.9 Å². The maximum atomic E-state index is 13.3. The van der Waals surface area contributed by atoms with Gasteiger partial charge >= 0.3 is 0 Å². The first-order valence-corrected chi connectivity index (χ1v) is 9.53. The van der Waals surface area contributed by atoms with Gasteiger partial charge in [-0.3, -0.25) is 4.79 Å². The van der Waals surface area contributed by atoms with E-state index in [1.807, 2.05) is 54.6 Å². The smallest absolute Gasteiger partial charge is 0.201 e. The highest BCUT2D eigenvalue weighted by molar-refractivity contribution is 5.89. The van der Waals surface area contributed by atoms with Gasteiger partial charge in [-0.15, -0.1) is 0 Å². The molecule has 0 radical (unpaired) electrons. The Kier molecular flexibility index (Phi) is 3.90. The molecule has 1 heterocycles. The van der Waals surface area contributed by atoms with Crippen LogP contribution in [0.5, 0.6) is 0 Å². The summed E-state index contributed by atoms with van der Waals surface area (Å²) in [5.41, 5.74) is 4.48. The summed E-state index contributed by atoms with van der Waals surface area (Å²) in [7, 11) is 0. The zero-order valence-electron chi connectivity index (χ0n) is 15.0. The van der Waals surface area contributed by atoms with Crippen LogP contribution in [0.1, 0.15) is 30.7 Å². The predicted octanol–water partition coefficient (Wildman–Crippen LogP) is 6.39. The first kappa shape index (κ1) is 16.1. The summed E-state index contributed by atoms with van der Waals surface area (Å²) >= 11 is 0. The summed E-state index contributed by atoms with van der Waals surface area (Å²) in [6, 6.07) is 25.8. The molecule has 1 fully saturated rings. The van der Waals surface area contributed by atoms with E-state index in [0.29, 0.717) is 28.2 Å². The lowest BCUT2D eigenvalue weighted by molar-refractivity contribution is 0.420. The fourth-order valence-corrected chi connectivity index (χ4v) is 3.86. The monoisotopic (exact) mass is 352 g/mol. The number of hydrogen-bond acceptors (Lipinski definition) is 2. The molecule has 3 aromatic carbocycles. The Morgan fingerprint density at radius 2 is 1.44 bits per heavy atom. The topological polar surface area (TPSA) is 30.2 Å². The third kappa shape index (κ3) is 2.78. The van der Waals surface area contributed by atoms with E-state index in [-0.39, 0.29) is 5.43 Å². The van der Waals surface area contributed by atoms with E-state index in [1.54, 1.807) is 0 Å². The van der Waals surface area contributed by atoms with Crippen LogP contribution in [0.2, 0.25) is 0 Å². The Balaban J connectivity index is 1.74. The van der Waals surface area contributed by atoms with Crippen molar-refractivity contribution in [2.24, 2.45) is 0 Å². The Bertz CT molecular complexity index is 1150. The van der Waals surface area contributed by atoms with E-state index in [2.05, 4.69) is 24.3 Å². The highest BCUT2D eigenvalue weighted by atomic mass is 16.3. The van der Waals surface area contributed by atoms with Crippen molar-refractivity contribution in [2.45, 2.75) is 25.2 Å². The van der Waals surface area contributed by atoms with Crippen molar-refractivity contribution in [3.8, 4) is 22.5 Å². The molecule has 1 aromatic heterocycles. The van der Waals surface area contributed by atoms with Crippen molar-refractivity contribution < 1.29 is 4.42 Å². The van der Waals surface area contributed by atoms with Crippen LogP contribution in [-0.2, 0) is 0 Å². The molecule has 0 saturated heterocycles. The maximum Gasteiger partial charge on any atom is 0.201 e. The summed E-state index contributed by atoms with van der Waals surface area (Å²) in [5, 5.41) is 0.621. The second-order valence-corrected chi connectivity index (χ2v) is 7.25. The molecule has 0 amide bonds. The van der Waals surface area contributed by atoms with Crippen LogP contribution in [0.4, 0.5) is 0 Å². The number of para-hydroxylation sites is 1. The van der Waals surface area contributed by atoms with E-state index in [1.165, 1.54) is 24.8 Å². The van der Waals surface area contributed by atoms with Crippen LogP contribution in [-0.4, -0.2) is 0 Å². The van der Waals surface area contributed by atoms with Gasteiger partial charge in [-0.05, 0) is 42.0 Å². The number of fused-ring (bicyclic) bond motifs is 1. The summed E-state index contributed by atoms with van der Waals surface area (Å²) < 4.78 is 6.22. The first-order valence-electron chi connectivity index (χ1n) is 9.53. The number of rotatable bonds is 3. The summed E-state index contributed by atoms with van der Waals surface area (Å²) in [6.07, 6.45) is 3.86. The Labute approximate surface area is 158 Å². The lowest BCUT2D eigenvalue weighted by Crippen LogP contribution is -2.09. The van der Waals surface area contributed by atoms with E-state index in [4.69, 9.17) is 4.42 Å². The fraction of sp³-hybridized carbons (Fsp3) is 0.160. The minimum absolute atomic E-state index is 0.0205. The minimum atomic E-state index is 0.0205. The molecule has 5 rings (SSSR count). The van der Waals surface area contributed by atoms with E-state index in [9.17, 15) is 4.79 Å². The predicted molar refractivity (Wildman–Crippen MR) is 110 cm³/mol. The molecule has 1 aliphatic rings. The van der Waals surface area contributed by atoms with Gasteiger partial charge in [-0.1, -0.05) is 73.2 Å². The molecule has 1 aliphatic carbocycles. The van der Waals surface area contributed by atoms with Crippen molar-refractivity contribution in [1.82, 2.24) is 0 Å². The molecule has 2 heteroatoms. The molecule has 27 heavy (non-hydrogen) atoms. The van der Waals surface area contributed by atoms with Crippen LogP contribution in [0, 0.1) is 0 Å². The summed E-state index contributed by atoms with van der Waals surface area (Å²) in [4.78, 5) is 13.3. The zero-order chi connectivity index (χ0) is 18.2. The van der Waals surface area contributed by atoms with Crippen molar-refractivity contribution in [3.63, 3.8) is 0 Å². The molecule has 0 N–H and O–H groups in total. The van der Waals surface area contributed by atoms with Gasteiger partial charge in [0.2, 0.25) is 5.43 Å². The summed E-state index contributed by atoms with van der Waals surface area (Å²) in [6.45, 7) is 0. The molecular weight excluding hydrogens is 332 g/mol. The molecular formula is C25H20O2. The third-order valence-corrected chi connectivity index (χ3v) is 5.61. The summed E-state index contributed by atoms with van der Waals surface area (Å²) in [5.74, 6) is 1.32. The largest absolute Gasteiger partial charge is 0.455 e. The molecule has 0 spiro atoms. The van der Waals surface area contributed by atoms with Gasteiger partial charge < -0.3 is 4.42 Å². The molecule has 4 aromatic rings. The third-order valence-electron chi connectivity index (χ3n) is 5.61. The molecule has 0 aliphatic heterocycles. The van der Waals surface area contributed by atoms with Crippen molar-refractivity contribution in [2.75, 3.05) is 0 Å². The molecule has 1 saturated carbocycles. The normalized spacial score (nSPS) is 14.2.